The number of carboxylic acid groups (broad SMARTS) is 1. The fourth-order valence-corrected chi connectivity index (χ4v) is 4.46. The van der Waals surface area contributed by atoms with E-state index in [0.29, 0.717) is 36.1 Å². The van der Waals surface area contributed by atoms with Gasteiger partial charge in [-0.05, 0) is 49.9 Å². The van der Waals surface area contributed by atoms with Crippen LogP contribution in [0.15, 0.2) is 0 Å². The minimum absolute atomic E-state index is 0.186. The number of epoxide rings is 2. The molecule has 0 aromatic carbocycles. The number of hydrogen-bond acceptors (Lipinski definition) is 3. The van der Waals surface area contributed by atoms with E-state index in [4.69, 9.17) is 9.47 Å². The lowest BCUT2D eigenvalue weighted by Crippen LogP contribution is -2.34. The summed E-state index contributed by atoms with van der Waals surface area (Å²) in [6.07, 6.45) is 6.67. The summed E-state index contributed by atoms with van der Waals surface area (Å²) in [6, 6.07) is 0. The monoisotopic (exact) mass is 266 g/mol. The molecule has 4 aliphatic rings. The average molecular weight is 266 g/mol. The Morgan fingerprint density at radius 2 is 1.58 bits per heavy atom. The Labute approximate surface area is 113 Å². The van der Waals surface area contributed by atoms with Gasteiger partial charge in [-0.15, -0.1) is 0 Å². The van der Waals surface area contributed by atoms with Gasteiger partial charge in [0.05, 0.1) is 30.3 Å². The van der Waals surface area contributed by atoms with Crippen LogP contribution in [0.1, 0.15) is 39.0 Å². The Kier molecular flexibility index (Phi) is 2.68. The Bertz CT molecular complexity index is 396. The number of hydrogen-bond donors (Lipinski definition) is 1. The van der Waals surface area contributed by atoms with E-state index in [1.807, 2.05) is 0 Å². The Morgan fingerprint density at radius 3 is 2.26 bits per heavy atom. The average Bonchev–Trinajstić information content (AvgIpc) is 3.22. The first-order valence-corrected chi connectivity index (χ1v) is 7.65. The molecule has 19 heavy (non-hydrogen) atoms. The summed E-state index contributed by atoms with van der Waals surface area (Å²) in [6.45, 7) is 2.30. The number of ether oxygens (including phenoxy) is 2. The summed E-state index contributed by atoms with van der Waals surface area (Å²) >= 11 is 0. The van der Waals surface area contributed by atoms with Gasteiger partial charge in [-0.2, -0.15) is 0 Å². The SMILES string of the molecule is CC1CC2OC2CC1CC1CC2OC2CC1C(=O)O. The zero-order valence-corrected chi connectivity index (χ0v) is 11.3. The molecule has 8 unspecified atom stereocenters. The van der Waals surface area contributed by atoms with Crippen LogP contribution in [0.5, 0.6) is 0 Å². The second-order valence-electron chi connectivity index (χ2n) is 7.05. The lowest BCUT2D eigenvalue weighted by molar-refractivity contribution is -0.145. The molecule has 0 bridgehead atoms. The molecule has 4 rings (SSSR count). The van der Waals surface area contributed by atoms with E-state index in [-0.39, 0.29) is 12.0 Å². The molecule has 0 amide bonds. The van der Waals surface area contributed by atoms with E-state index in [9.17, 15) is 9.90 Å². The summed E-state index contributed by atoms with van der Waals surface area (Å²) in [7, 11) is 0. The van der Waals surface area contributed by atoms with Gasteiger partial charge in [-0.1, -0.05) is 6.92 Å². The predicted molar refractivity (Wildman–Crippen MR) is 67.7 cm³/mol. The molecule has 2 saturated heterocycles. The van der Waals surface area contributed by atoms with Gasteiger partial charge in [0.15, 0.2) is 0 Å². The van der Waals surface area contributed by atoms with Crippen molar-refractivity contribution in [2.75, 3.05) is 0 Å². The predicted octanol–water partition coefficient (Wildman–Crippen LogP) is 2.07. The van der Waals surface area contributed by atoms with E-state index in [0.717, 1.165) is 25.7 Å². The van der Waals surface area contributed by atoms with E-state index in [1.165, 1.54) is 6.42 Å². The molecule has 2 aliphatic carbocycles. The minimum Gasteiger partial charge on any atom is -0.481 e. The first-order chi connectivity index (χ1) is 9.11. The molecule has 0 aromatic rings. The lowest BCUT2D eigenvalue weighted by atomic mass is 9.69. The van der Waals surface area contributed by atoms with Crippen LogP contribution in [0, 0.1) is 23.7 Å². The molecule has 2 heterocycles. The fourth-order valence-electron chi connectivity index (χ4n) is 4.46. The van der Waals surface area contributed by atoms with Crippen LogP contribution in [0.2, 0.25) is 0 Å². The maximum absolute atomic E-state index is 11.4. The molecule has 0 aromatic heterocycles. The van der Waals surface area contributed by atoms with Gasteiger partial charge in [-0.3, -0.25) is 4.79 Å². The summed E-state index contributed by atoms with van der Waals surface area (Å²) < 4.78 is 11.2. The molecule has 2 aliphatic heterocycles. The molecule has 0 spiro atoms. The van der Waals surface area contributed by atoms with Crippen molar-refractivity contribution in [3.63, 3.8) is 0 Å². The second kappa shape index (κ2) is 4.19. The Balaban J connectivity index is 1.43. The molecule has 4 heteroatoms. The zero-order chi connectivity index (χ0) is 13.1. The van der Waals surface area contributed by atoms with Crippen molar-refractivity contribution in [1.82, 2.24) is 0 Å². The highest BCUT2D eigenvalue weighted by Crippen LogP contribution is 2.49. The summed E-state index contributed by atoms with van der Waals surface area (Å²) in [5.74, 6) is 0.822. The largest absolute Gasteiger partial charge is 0.481 e. The van der Waals surface area contributed by atoms with Crippen molar-refractivity contribution < 1.29 is 19.4 Å². The van der Waals surface area contributed by atoms with Crippen LogP contribution >= 0.6 is 0 Å². The van der Waals surface area contributed by atoms with E-state index >= 15 is 0 Å². The van der Waals surface area contributed by atoms with Crippen molar-refractivity contribution in [2.24, 2.45) is 23.7 Å². The van der Waals surface area contributed by atoms with Crippen molar-refractivity contribution in [2.45, 2.75) is 63.4 Å². The van der Waals surface area contributed by atoms with Crippen LogP contribution in [0.25, 0.3) is 0 Å². The quantitative estimate of drug-likeness (QED) is 0.794. The highest BCUT2D eigenvalue weighted by molar-refractivity contribution is 5.70. The molecular formula is C15H22O4. The van der Waals surface area contributed by atoms with Crippen molar-refractivity contribution in [3.8, 4) is 0 Å². The Hall–Kier alpha value is -0.610. The van der Waals surface area contributed by atoms with Crippen molar-refractivity contribution in [1.29, 1.82) is 0 Å². The van der Waals surface area contributed by atoms with Crippen molar-refractivity contribution in [3.05, 3.63) is 0 Å². The van der Waals surface area contributed by atoms with Crippen molar-refractivity contribution >= 4 is 5.97 Å². The van der Waals surface area contributed by atoms with Gasteiger partial charge in [0.1, 0.15) is 0 Å². The van der Waals surface area contributed by atoms with Gasteiger partial charge in [0, 0.05) is 0 Å². The molecule has 0 radical (unpaired) electrons. The molecule has 4 nitrogen and oxygen atoms in total. The smallest absolute Gasteiger partial charge is 0.306 e. The van der Waals surface area contributed by atoms with Crippen LogP contribution in [0.3, 0.4) is 0 Å². The minimum atomic E-state index is -0.622. The molecule has 8 atom stereocenters. The summed E-state index contributed by atoms with van der Waals surface area (Å²) in [5, 5.41) is 9.42. The normalized spacial score (nSPS) is 55.0. The zero-order valence-electron chi connectivity index (χ0n) is 11.3. The summed E-state index contributed by atoms with van der Waals surface area (Å²) in [4.78, 5) is 11.4. The first-order valence-electron chi connectivity index (χ1n) is 7.65. The van der Waals surface area contributed by atoms with Crippen LogP contribution in [-0.4, -0.2) is 35.5 Å². The lowest BCUT2D eigenvalue weighted by Gasteiger charge is -2.33. The van der Waals surface area contributed by atoms with Gasteiger partial charge in [0.2, 0.25) is 0 Å². The van der Waals surface area contributed by atoms with Crippen LogP contribution in [-0.2, 0) is 14.3 Å². The molecule has 4 fully saturated rings. The van der Waals surface area contributed by atoms with E-state index < -0.39 is 5.97 Å². The number of fused-ring (bicyclic) bond motifs is 2. The third-order valence-electron chi connectivity index (χ3n) is 5.83. The van der Waals surface area contributed by atoms with Gasteiger partial charge in [-0.25, -0.2) is 0 Å². The topological polar surface area (TPSA) is 62.4 Å². The van der Waals surface area contributed by atoms with Gasteiger partial charge in [0.25, 0.3) is 0 Å². The molecular weight excluding hydrogens is 244 g/mol. The second-order valence-corrected chi connectivity index (χ2v) is 7.05. The van der Waals surface area contributed by atoms with Gasteiger partial charge >= 0.3 is 5.97 Å². The first kappa shape index (κ1) is 12.2. The standard InChI is InChI=1S/C15H22O4/c1-7-2-11-12(18-11)4-8(7)3-9-5-13-14(19-13)6-10(9)15(16)17/h7-14H,2-6H2,1H3,(H,16,17). The molecule has 1 N–H and O–H groups in total. The molecule has 106 valence electrons. The Morgan fingerprint density at radius 1 is 1.00 bits per heavy atom. The number of rotatable bonds is 3. The van der Waals surface area contributed by atoms with Gasteiger partial charge < -0.3 is 14.6 Å². The number of aliphatic carboxylic acids is 1. The maximum atomic E-state index is 11.4. The van der Waals surface area contributed by atoms with Crippen LogP contribution < -0.4 is 0 Å². The number of carbonyl (C=O) groups is 1. The van der Waals surface area contributed by atoms with E-state index in [2.05, 4.69) is 6.92 Å². The highest BCUT2D eigenvalue weighted by Gasteiger charge is 2.52. The van der Waals surface area contributed by atoms with E-state index in [1.54, 1.807) is 0 Å². The highest BCUT2D eigenvalue weighted by atomic mass is 16.6. The fraction of sp³-hybridized carbons (Fsp3) is 0.933. The third kappa shape index (κ3) is 2.19. The third-order valence-corrected chi connectivity index (χ3v) is 5.83. The number of carboxylic acids is 1. The van der Waals surface area contributed by atoms with Crippen LogP contribution in [0.4, 0.5) is 0 Å². The maximum Gasteiger partial charge on any atom is 0.306 e. The summed E-state index contributed by atoms with van der Waals surface area (Å²) in [5.41, 5.74) is 0. The molecule has 2 saturated carbocycles.